The molecular weight excluding hydrogens is 178 g/mol. The van der Waals surface area contributed by atoms with Crippen LogP contribution in [0.15, 0.2) is 0 Å². The van der Waals surface area contributed by atoms with Gasteiger partial charge in [0.2, 0.25) is 5.91 Å². The molecule has 2 aliphatic rings. The Balaban J connectivity index is 2.22. The zero-order valence-electron chi connectivity index (χ0n) is 9.05. The highest BCUT2D eigenvalue weighted by Gasteiger charge is 2.46. The minimum Gasteiger partial charge on any atom is -0.343 e. The van der Waals surface area contributed by atoms with E-state index in [-0.39, 0.29) is 5.54 Å². The lowest BCUT2D eigenvalue weighted by atomic mass is 9.84. The Labute approximate surface area is 85.2 Å². The van der Waals surface area contributed by atoms with E-state index >= 15 is 0 Å². The number of piperazine rings is 1. The van der Waals surface area contributed by atoms with Crippen LogP contribution in [0.25, 0.3) is 0 Å². The summed E-state index contributed by atoms with van der Waals surface area (Å²) in [6, 6.07) is 0. The van der Waals surface area contributed by atoms with Crippen molar-refractivity contribution in [3.8, 4) is 0 Å². The summed E-state index contributed by atoms with van der Waals surface area (Å²) in [5.74, 6) is 0.313. The molecule has 2 saturated heterocycles. The van der Waals surface area contributed by atoms with Crippen molar-refractivity contribution < 1.29 is 4.79 Å². The molecular formula is C10H19N3O. The summed E-state index contributed by atoms with van der Waals surface area (Å²) in [4.78, 5) is 16.3. The van der Waals surface area contributed by atoms with Crippen molar-refractivity contribution in [2.75, 3.05) is 40.3 Å². The minimum atomic E-state index is -0.196. The van der Waals surface area contributed by atoms with Gasteiger partial charge in [0, 0.05) is 20.1 Å². The van der Waals surface area contributed by atoms with Crippen LogP contribution in [0, 0.1) is 0 Å². The molecule has 0 aliphatic carbocycles. The molecule has 4 heteroatoms. The molecule has 80 valence electrons. The molecule has 1 N–H and O–H groups in total. The number of hydrogen-bond acceptors (Lipinski definition) is 3. The maximum absolute atomic E-state index is 12.2. The van der Waals surface area contributed by atoms with Crippen LogP contribution in [0.4, 0.5) is 0 Å². The standard InChI is InChI=1S/C10H19N3O/c1-12-7-8-13(2)10(9(12)14)3-5-11-6-4-10/h11H,3-8H2,1-2H3. The molecule has 0 aromatic rings. The SMILES string of the molecule is CN1CCN(C)C2(CCNCC2)C1=O. The summed E-state index contributed by atoms with van der Waals surface area (Å²) in [5.41, 5.74) is -0.196. The molecule has 2 fully saturated rings. The van der Waals surface area contributed by atoms with Crippen molar-refractivity contribution in [1.82, 2.24) is 15.1 Å². The highest BCUT2D eigenvalue weighted by Crippen LogP contribution is 2.29. The monoisotopic (exact) mass is 197 g/mol. The minimum absolute atomic E-state index is 0.196. The third-order valence-electron chi connectivity index (χ3n) is 3.68. The number of likely N-dealkylation sites (N-methyl/N-ethyl adjacent to an activating group) is 2. The second kappa shape index (κ2) is 3.51. The first kappa shape index (κ1) is 9.93. The van der Waals surface area contributed by atoms with E-state index in [4.69, 9.17) is 0 Å². The summed E-state index contributed by atoms with van der Waals surface area (Å²) in [6.07, 6.45) is 1.90. The van der Waals surface area contributed by atoms with E-state index in [1.54, 1.807) is 0 Å². The van der Waals surface area contributed by atoms with Crippen LogP contribution >= 0.6 is 0 Å². The van der Waals surface area contributed by atoms with Gasteiger partial charge in [0.05, 0.1) is 0 Å². The van der Waals surface area contributed by atoms with E-state index in [0.717, 1.165) is 39.0 Å². The Bertz CT molecular complexity index is 236. The second-order valence-electron chi connectivity index (χ2n) is 4.43. The van der Waals surface area contributed by atoms with Crippen molar-refractivity contribution in [2.24, 2.45) is 0 Å². The maximum atomic E-state index is 12.2. The Morgan fingerprint density at radius 2 is 1.86 bits per heavy atom. The average molecular weight is 197 g/mol. The second-order valence-corrected chi connectivity index (χ2v) is 4.43. The third-order valence-corrected chi connectivity index (χ3v) is 3.68. The molecule has 0 unspecified atom stereocenters. The highest BCUT2D eigenvalue weighted by molar-refractivity contribution is 5.87. The van der Waals surface area contributed by atoms with Crippen LogP contribution in [0.5, 0.6) is 0 Å². The smallest absolute Gasteiger partial charge is 0.242 e. The largest absolute Gasteiger partial charge is 0.343 e. The predicted octanol–water partition coefficient (Wildman–Crippen LogP) is -0.488. The van der Waals surface area contributed by atoms with Gasteiger partial charge in [0.25, 0.3) is 0 Å². The fourth-order valence-electron chi connectivity index (χ4n) is 2.57. The molecule has 2 rings (SSSR count). The Hall–Kier alpha value is -0.610. The summed E-state index contributed by atoms with van der Waals surface area (Å²) < 4.78 is 0. The molecule has 1 spiro atoms. The lowest BCUT2D eigenvalue weighted by molar-refractivity contribution is -0.150. The molecule has 2 aliphatic heterocycles. The number of carbonyl (C=O) groups excluding carboxylic acids is 1. The highest BCUT2D eigenvalue weighted by atomic mass is 16.2. The van der Waals surface area contributed by atoms with Gasteiger partial charge in [0.15, 0.2) is 0 Å². The van der Waals surface area contributed by atoms with Crippen molar-refractivity contribution in [3.05, 3.63) is 0 Å². The van der Waals surface area contributed by atoms with E-state index in [1.165, 1.54) is 0 Å². The van der Waals surface area contributed by atoms with Crippen molar-refractivity contribution >= 4 is 5.91 Å². The average Bonchev–Trinajstić information content (AvgIpc) is 2.23. The Kier molecular flexibility index (Phi) is 2.49. The number of carbonyl (C=O) groups is 1. The Morgan fingerprint density at radius 1 is 1.21 bits per heavy atom. The number of nitrogens with zero attached hydrogens (tertiary/aromatic N) is 2. The van der Waals surface area contributed by atoms with Gasteiger partial charge < -0.3 is 10.2 Å². The van der Waals surface area contributed by atoms with E-state index in [1.807, 2.05) is 11.9 Å². The van der Waals surface area contributed by atoms with Gasteiger partial charge in [0.1, 0.15) is 5.54 Å². The summed E-state index contributed by atoms with van der Waals surface area (Å²) in [5, 5.41) is 3.31. The zero-order valence-corrected chi connectivity index (χ0v) is 9.05. The van der Waals surface area contributed by atoms with Crippen LogP contribution in [0.1, 0.15) is 12.8 Å². The van der Waals surface area contributed by atoms with Crippen molar-refractivity contribution in [2.45, 2.75) is 18.4 Å². The number of nitrogens with one attached hydrogen (secondary N) is 1. The molecule has 0 atom stereocenters. The Morgan fingerprint density at radius 3 is 2.50 bits per heavy atom. The summed E-state index contributed by atoms with van der Waals surface area (Å²) in [7, 11) is 4.00. The molecule has 0 aromatic heterocycles. The first-order valence-corrected chi connectivity index (χ1v) is 5.34. The number of hydrogen-bond donors (Lipinski definition) is 1. The number of amides is 1. The lowest BCUT2D eigenvalue weighted by Gasteiger charge is -2.49. The fourth-order valence-corrected chi connectivity index (χ4v) is 2.57. The van der Waals surface area contributed by atoms with Crippen molar-refractivity contribution in [1.29, 1.82) is 0 Å². The van der Waals surface area contributed by atoms with Crippen molar-refractivity contribution in [3.63, 3.8) is 0 Å². The van der Waals surface area contributed by atoms with E-state index in [9.17, 15) is 4.79 Å². The molecule has 0 aromatic carbocycles. The van der Waals surface area contributed by atoms with Gasteiger partial charge >= 0.3 is 0 Å². The van der Waals surface area contributed by atoms with Crippen LogP contribution in [-0.4, -0.2) is 61.5 Å². The fraction of sp³-hybridized carbons (Fsp3) is 0.900. The van der Waals surface area contributed by atoms with Gasteiger partial charge in [-0.25, -0.2) is 0 Å². The topological polar surface area (TPSA) is 35.6 Å². The molecule has 0 radical (unpaired) electrons. The van der Waals surface area contributed by atoms with E-state index in [2.05, 4.69) is 17.3 Å². The first-order chi connectivity index (χ1) is 6.67. The normalized spacial score (nSPS) is 28.4. The van der Waals surface area contributed by atoms with Crippen LogP contribution < -0.4 is 5.32 Å². The third kappa shape index (κ3) is 1.33. The predicted molar refractivity (Wildman–Crippen MR) is 55.1 cm³/mol. The van der Waals surface area contributed by atoms with Gasteiger partial charge in [-0.1, -0.05) is 0 Å². The molecule has 2 heterocycles. The van der Waals surface area contributed by atoms with Crippen LogP contribution in [0.3, 0.4) is 0 Å². The van der Waals surface area contributed by atoms with Crippen LogP contribution in [-0.2, 0) is 4.79 Å². The van der Waals surface area contributed by atoms with E-state index in [0.29, 0.717) is 5.91 Å². The quantitative estimate of drug-likeness (QED) is 0.569. The number of rotatable bonds is 0. The van der Waals surface area contributed by atoms with E-state index < -0.39 is 0 Å². The van der Waals surface area contributed by atoms with Crippen LogP contribution in [0.2, 0.25) is 0 Å². The zero-order chi connectivity index (χ0) is 10.2. The molecule has 14 heavy (non-hydrogen) atoms. The molecule has 1 amide bonds. The molecule has 0 bridgehead atoms. The molecule has 4 nitrogen and oxygen atoms in total. The lowest BCUT2D eigenvalue weighted by Crippen LogP contribution is -2.66. The first-order valence-electron chi connectivity index (χ1n) is 5.34. The van der Waals surface area contributed by atoms with Gasteiger partial charge in [-0.15, -0.1) is 0 Å². The van der Waals surface area contributed by atoms with Gasteiger partial charge in [-0.2, -0.15) is 0 Å². The summed E-state index contributed by atoms with van der Waals surface area (Å²) >= 11 is 0. The number of piperidine rings is 1. The maximum Gasteiger partial charge on any atom is 0.242 e. The van der Waals surface area contributed by atoms with Gasteiger partial charge in [-0.3, -0.25) is 9.69 Å². The summed E-state index contributed by atoms with van der Waals surface area (Å²) in [6.45, 7) is 3.79. The molecule has 0 saturated carbocycles. The van der Waals surface area contributed by atoms with Gasteiger partial charge in [-0.05, 0) is 33.0 Å².